The minimum Gasteiger partial charge on any atom is -0.484 e. The van der Waals surface area contributed by atoms with Crippen molar-refractivity contribution in [1.29, 1.82) is 0 Å². The number of carbonyl (C=O) groups excluding carboxylic acids is 1. The zero-order chi connectivity index (χ0) is 20.4. The molecule has 29 heavy (non-hydrogen) atoms. The first-order valence-corrected chi connectivity index (χ1v) is 10.7. The molecule has 1 aliphatic carbocycles. The van der Waals surface area contributed by atoms with E-state index < -0.39 is 0 Å². The molecule has 0 atom stereocenters. The SMILES string of the molecule is Cc1cccc(OCC(=O)N2CCC(c3nn(C)c(=O)n3C3CCCC3)CC2)c1. The van der Waals surface area contributed by atoms with E-state index in [4.69, 9.17) is 4.74 Å². The van der Waals surface area contributed by atoms with E-state index in [1.807, 2.05) is 40.7 Å². The molecule has 1 saturated heterocycles. The standard InChI is InChI=1S/C22H30N4O3/c1-16-6-5-9-19(14-16)29-15-20(27)25-12-10-17(11-13-25)21-23-24(2)22(28)26(21)18-7-3-4-8-18/h5-6,9,14,17-18H,3-4,7-8,10-13,15H2,1-2H3. The Morgan fingerprint density at radius 2 is 1.90 bits per heavy atom. The van der Waals surface area contributed by atoms with Crippen LogP contribution in [0.1, 0.15) is 61.9 Å². The Kier molecular flexibility index (Phi) is 5.74. The molecule has 2 aromatic rings. The van der Waals surface area contributed by atoms with Crippen LogP contribution in [0.2, 0.25) is 0 Å². The van der Waals surface area contributed by atoms with Gasteiger partial charge in [-0.2, -0.15) is 5.10 Å². The van der Waals surface area contributed by atoms with Gasteiger partial charge in [0.25, 0.3) is 5.91 Å². The van der Waals surface area contributed by atoms with E-state index in [2.05, 4.69) is 5.10 Å². The Morgan fingerprint density at radius 3 is 2.59 bits per heavy atom. The summed E-state index contributed by atoms with van der Waals surface area (Å²) >= 11 is 0. The molecule has 0 bridgehead atoms. The van der Waals surface area contributed by atoms with Gasteiger partial charge in [-0.25, -0.2) is 9.48 Å². The monoisotopic (exact) mass is 398 g/mol. The Morgan fingerprint density at radius 1 is 1.17 bits per heavy atom. The van der Waals surface area contributed by atoms with Crippen LogP contribution in [-0.4, -0.2) is 44.9 Å². The molecule has 7 nitrogen and oxygen atoms in total. The van der Waals surface area contributed by atoms with Gasteiger partial charge in [0.2, 0.25) is 0 Å². The third-order valence-electron chi connectivity index (χ3n) is 6.24. The van der Waals surface area contributed by atoms with E-state index in [-0.39, 0.29) is 30.2 Å². The molecular weight excluding hydrogens is 368 g/mol. The van der Waals surface area contributed by atoms with Crippen molar-refractivity contribution in [2.24, 2.45) is 7.05 Å². The van der Waals surface area contributed by atoms with E-state index in [0.29, 0.717) is 13.1 Å². The highest BCUT2D eigenvalue weighted by Gasteiger charge is 2.31. The zero-order valence-electron chi connectivity index (χ0n) is 17.3. The van der Waals surface area contributed by atoms with Gasteiger partial charge in [0.1, 0.15) is 11.6 Å². The lowest BCUT2D eigenvalue weighted by atomic mass is 9.95. The van der Waals surface area contributed by atoms with Gasteiger partial charge in [-0.15, -0.1) is 0 Å². The number of amides is 1. The highest BCUT2D eigenvalue weighted by Crippen LogP contribution is 2.33. The van der Waals surface area contributed by atoms with Crippen molar-refractivity contribution in [3.05, 3.63) is 46.1 Å². The summed E-state index contributed by atoms with van der Waals surface area (Å²) in [4.78, 5) is 27.0. The van der Waals surface area contributed by atoms with Crippen LogP contribution in [0, 0.1) is 6.92 Å². The van der Waals surface area contributed by atoms with Crippen molar-refractivity contribution in [3.8, 4) is 5.75 Å². The molecule has 4 rings (SSSR count). The van der Waals surface area contributed by atoms with Gasteiger partial charge in [0, 0.05) is 32.1 Å². The number of likely N-dealkylation sites (tertiary alicyclic amines) is 1. The second kappa shape index (κ2) is 8.43. The molecule has 1 aromatic carbocycles. The van der Waals surface area contributed by atoms with Crippen molar-refractivity contribution in [1.82, 2.24) is 19.2 Å². The van der Waals surface area contributed by atoms with Gasteiger partial charge in [0.05, 0.1) is 0 Å². The summed E-state index contributed by atoms with van der Waals surface area (Å²) in [5.41, 5.74) is 1.11. The first-order valence-electron chi connectivity index (χ1n) is 10.7. The van der Waals surface area contributed by atoms with E-state index in [9.17, 15) is 9.59 Å². The number of piperidine rings is 1. The summed E-state index contributed by atoms with van der Waals surface area (Å²) in [5, 5.41) is 4.57. The van der Waals surface area contributed by atoms with E-state index in [1.165, 1.54) is 17.5 Å². The number of aryl methyl sites for hydroxylation is 2. The first kappa shape index (κ1) is 19.7. The third kappa shape index (κ3) is 4.23. The van der Waals surface area contributed by atoms with Crippen molar-refractivity contribution >= 4 is 5.91 Å². The molecule has 2 heterocycles. The first-order chi connectivity index (χ1) is 14.0. The molecule has 1 aliphatic heterocycles. The molecule has 0 unspecified atom stereocenters. The lowest BCUT2D eigenvalue weighted by Crippen LogP contribution is -2.41. The number of hydrogen-bond donors (Lipinski definition) is 0. The van der Waals surface area contributed by atoms with E-state index in [0.717, 1.165) is 42.8 Å². The third-order valence-corrected chi connectivity index (χ3v) is 6.24. The van der Waals surface area contributed by atoms with Crippen LogP contribution >= 0.6 is 0 Å². The predicted octanol–water partition coefficient (Wildman–Crippen LogP) is 2.79. The van der Waals surface area contributed by atoms with Crippen LogP contribution < -0.4 is 10.4 Å². The summed E-state index contributed by atoms with van der Waals surface area (Å²) in [5.74, 6) is 1.88. The van der Waals surface area contributed by atoms with Crippen LogP contribution in [0.5, 0.6) is 5.75 Å². The maximum Gasteiger partial charge on any atom is 0.345 e. The van der Waals surface area contributed by atoms with Gasteiger partial charge in [-0.05, 0) is 50.3 Å². The minimum atomic E-state index is -0.00281. The molecule has 2 fully saturated rings. The molecule has 2 aliphatic rings. The second-order valence-corrected chi connectivity index (χ2v) is 8.33. The molecule has 1 amide bonds. The average molecular weight is 399 g/mol. The molecule has 1 saturated carbocycles. The summed E-state index contributed by atoms with van der Waals surface area (Å²) in [6, 6.07) is 8.02. The van der Waals surface area contributed by atoms with Gasteiger partial charge in [0.15, 0.2) is 6.61 Å². The molecule has 0 N–H and O–H groups in total. The van der Waals surface area contributed by atoms with Crippen LogP contribution in [0.3, 0.4) is 0 Å². The molecular formula is C22H30N4O3. The van der Waals surface area contributed by atoms with Crippen LogP contribution in [-0.2, 0) is 11.8 Å². The van der Waals surface area contributed by atoms with Gasteiger partial charge < -0.3 is 9.64 Å². The highest BCUT2D eigenvalue weighted by atomic mass is 16.5. The van der Waals surface area contributed by atoms with Gasteiger partial charge in [-0.1, -0.05) is 25.0 Å². The summed E-state index contributed by atoms with van der Waals surface area (Å²) in [7, 11) is 1.73. The molecule has 1 aromatic heterocycles. The largest absolute Gasteiger partial charge is 0.484 e. The predicted molar refractivity (Wildman–Crippen MR) is 110 cm³/mol. The number of rotatable bonds is 5. The number of aromatic nitrogens is 3. The molecule has 156 valence electrons. The molecule has 0 spiro atoms. The Balaban J connectivity index is 1.36. The van der Waals surface area contributed by atoms with E-state index >= 15 is 0 Å². The number of carbonyl (C=O) groups is 1. The quantitative estimate of drug-likeness (QED) is 0.777. The summed E-state index contributed by atoms with van der Waals surface area (Å²) < 4.78 is 9.08. The van der Waals surface area contributed by atoms with Crippen molar-refractivity contribution < 1.29 is 9.53 Å². The fraction of sp³-hybridized carbons (Fsp3) is 0.591. The Labute approximate surface area is 171 Å². The van der Waals surface area contributed by atoms with Crippen molar-refractivity contribution in [2.45, 2.75) is 57.4 Å². The number of nitrogens with zero attached hydrogens (tertiary/aromatic N) is 4. The van der Waals surface area contributed by atoms with Crippen molar-refractivity contribution in [3.63, 3.8) is 0 Å². The lowest BCUT2D eigenvalue weighted by Gasteiger charge is -2.32. The smallest absolute Gasteiger partial charge is 0.345 e. The zero-order valence-corrected chi connectivity index (χ0v) is 17.3. The second-order valence-electron chi connectivity index (χ2n) is 8.33. The maximum atomic E-state index is 12.6. The highest BCUT2D eigenvalue weighted by molar-refractivity contribution is 5.77. The number of hydrogen-bond acceptors (Lipinski definition) is 4. The fourth-order valence-electron chi connectivity index (χ4n) is 4.61. The van der Waals surface area contributed by atoms with Crippen LogP contribution in [0.25, 0.3) is 0 Å². The minimum absolute atomic E-state index is 0.00281. The number of benzene rings is 1. The van der Waals surface area contributed by atoms with Gasteiger partial charge in [-0.3, -0.25) is 9.36 Å². The number of ether oxygens (including phenoxy) is 1. The van der Waals surface area contributed by atoms with Crippen LogP contribution in [0.15, 0.2) is 29.1 Å². The lowest BCUT2D eigenvalue weighted by molar-refractivity contribution is -0.134. The summed E-state index contributed by atoms with van der Waals surface area (Å²) in [6.45, 7) is 3.42. The van der Waals surface area contributed by atoms with Crippen molar-refractivity contribution in [2.75, 3.05) is 19.7 Å². The van der Waals surface area contributed by atoms with Gasteiger partial charge >= 0.3 is 5.69 Å². The maximum absolute atomic E-state index is 12.6. The Bertz CT molecular complexity index is 918. The van der Waals surface area contributed by atoms with E-state index in [1.54, 1.807) is 7.05 Å². The Hall–Kier alpha value is -2.57. The van der Waals surface area contributed by atoms with Crippen LogP contribution in [0.4, 0.5) is 0 Å². The normalized spacial score (nSPS) is 18.3. The summed E-state index contributed by atoms with van der Waals surface area (Å²) in [6.07, 6.45) is 6.15. The molecule has 7 heteroatoms. The topological polar surface area (TPSA) is 69.4 Å². The average Bonchev–Trinajstić information content (AvgIpc) is 3.35. The fourth-order valence-corrected chi connectivity index (χ4v) is 4.61. The molecule has 0 radical (unpaired) electrons.